The van der Waals surface area contributed by atoms with E-state index in [-0.39, 0.29) is 10.5 Å². The minimum atomic E-state index is -3.81. The Kier molecular flexibility index (Phi) is 4.52. The Bertz CT molecular complexity index is 1050. The van der Waals surface area contributed by atoms with Crippen LogP contribution < -0.4 is 10.5 Å². The van der Waals surface area contributed by atoms with Crippen LogP contribution in [0.3, 0.4) is 0 Å². The van der Waals surface area contributed by atoms with Crippen molar-refractivity contribution in [3.05, 3.63) is 65.5 Å². The number of rotatable bonds is 5. The Labute approximate surface area is 150 Å². The maximum atomic E-state index is 12.5. The third kappa shape index (κ3) is 3.60. The van der Waals surface area contributed by atoms with E-state index >= 15 is 0 Å². The van der Waals surface area contributed by atoms with Gasteiger partial charge in [-0.25, -0.2) is 13.4 Å². The number of nitrogens with zero attached hydrogens (tertiary/aromatic N) is 1. The first kappa shape index (κ1) is 17.7. The summed E-state index contributed by atoms with van der Waals surface area (Å²) in [5, 5.41) is 0. The van der Waals surface area contributed by atoms with E-state index in [1.807, 2.05) is 13.8 Å². The fraction of sp³-hybridized carbons (Fsp3) is 0.111. The van der Waals surface area contributed by atoms with E-state index in [0.717, 1.165) is 5.69 Å². The number of hydrogen-bond acceptors (Lipinski definition) is 5. The molecule has 0 spiro atoms. The lowest BCUT2D eigenvalue weighted by atomic mass is 10.2. The maximum absolute atomic E-state index is 12.5. The number of aromatic nitrogens is 1. The number of carbonyl (C=O) groups is 1. The number of carbonyl (C=O) groups excluding carboxylic acids is 1. The van der Waals surface area contributed by atoms with E-state index in [2.05, 4.69) is 9.71 Å². The number of benzene rings is 2. The van der Waals surface area contributed by atoms with Crippen molar-refractivity contribution in [3.63, 3.8) is 0 Å². The lowest BCUT2D eigenvalue weighted by Gasteiger charge is -2.09. The summed E-state index contributed by atoms with van der Waals surface area (Å²) >= 11 is 0. The van der Waals surface area contributed by atoms with Gasteiger partial charge in [-0.1, -0.05) is 6.07 Å². The second-order valence-corrected chi connectivity index (χ2v) is 7.42. The van der Waals surface area contributed by atoms with Gasteiger partial charge >= 0.3 is 0 Å². The molecule has 0 aliphatic rings. The molecule has 3 N–H and O–H groups in total. The van der Waals surface area contributed by atoms with Crippen molar-refractivity contribution in [2.45, 2.75) is 18.7 Å². The number of aryl methyl sites for hydroxylation is 2. The first-order valence-corrected chi connectivity index (χ1v) is 9.22. The van der Waals surface area contributed by atoms with E-state index in [0.29, 0.717) is 22.9 Å². The summed E-state index contributed by atoms with van der Waals surface area (Å²) in [6.45, 7) is 3.65. The van der Waals surface area contributed by atoms with Crippen LogP contribution in [0.15, 0.2) is 57.8 Å². The third-order valence-corrected chi connectivity index (χ3v) is 5.24. The molecular weight excluding hydrogens is 354 g/mol. The smallest absolute Gasteiger partial charge is 0.261 e. The molecule has 3 aromatic rings. The van der Waals surface area contributed by atoms with Gasteiger partial charge in [0.25, 0.3) is 10.0 Å². The summed E-state index contributed by atoms with van der Waals surface area (Å²) in [7, 11) is -3.81. The monoisotopic (exact) mass is 371 g/mol. The molecule has 26 heavy (non-hydrogen) atoms. The molecule has 7 nitrogen and oxygen atoms in total. The van der Waals surface area contributed by atoms with E-state index < -0.39 is 15.9 Å². The van der Waals surface area contributed by atoms with Crippen LogP contribution in [-0.2, 0) is 10.0 Å². The predicted molar refractivity (Wildman–Crippen MR) is 97.2 cm³/mol. The van der Waals surface area contributed by atoms with Crippen LogP contribution in [0, 0.1) is 13.8 Å². The molecule has 0 saturated heterocycles. The van der Waals surface area contributed by atoms with Crippen LogP contribution in [-0.4, -0.2) is 19.3 Å². The lowest BCUT2D eigenvalue weighted by Crippen LogP contribution is -2.14. The van der Waals surface area contributed by atoms with Gasteiger partial charge in [-0.15, -0.1) is 0 Å². The second-order valence-electron chi connectivity index (χ2n) is 5.74. The zero-order valence-corrected chi connectivity index (χ0v) is 15.0. The largest absolute Gasteiger partial charge is 0.441 e. The van der Waals surface area contributed by atoms with Crippen molar-refractivity contribution in [2.75, 3.05) is 4.72 Å². The Morgan fingerprint density at radius 2 is 1.81 bits per heavy atom. The summed E-state index contributed by atoms with van der Waals surface area (Å²) in [6.07, 6.45) is 0. The molecule has 8 heteroatoms. The van der Waals surface area contributed by atoms with Gasteiger partial charge in [-0.2, -0.15) is 0 Å². The van der Waals surface area contributed by atoms with Crippen LogP contribution in [0.4, 0.5) is 5.69 Å². The standard InChI is InChI=1S/C18H17N3O4S/c1-11-12(2)25-18(20-11)14-4-3-5-15(10-14)21-26(23,24)16-8-6-13(7-9-16)17(19)22/h3-10,21H,1-2H3,(H2,19,22). The van der Waals surface area contributed by atoms with Gasteiger partial charge in [0.1, 0.15) is 5.76 Å². The maximum Gasteiger partial charge on any atom is 0.261 e. The molecule has 1 heterocycles. The average Bonchev–Trinajstić information content (AvgIpc) is 2.94. The number of nitrogens with two attached hydrogens (primary N) is 1. The molecule has 0 fully saturated rings. The molecule has 1 aromatic heterocycles. The number of nitrogens with one attached hydrogen (secondary N) is 1. The van der Waals surface area contributed by atoms with Crippen LogP contribution in [0.5, 0.6) is 0 Å². The first-order valence-electron chi connectivity index (χ1n) is 7.73. The number of amides is 1. The molecule has 0 aliphatic carbocycles. The SMILES string of the molecule is Cc1nc(-c2cccc(NS(=O)(=O)c3ccc(C(N)=O)cc3)c2)oc1C. The van der Waals surface area contributed by atoms with Crippen LogP contribution in [0.2, 0.25) is 0 Å². The van der Waals surface area contributed by atoms with Crippen molar-refractivity contribution in [1.29, 1.82) is 0 Å². The normalized spacial score (nSPS) is 11.3. The van der Waals surface area contributed by atoms with Gasteiger partial charge in [-0.05, 0) is 56.3 Å². The summed E-state index contributed by atoms with van der Waals surface area (Å²) < 4.78 is 33.1. The molecule has 0 unspecified atom stereocenters. The molecule has 0 radical (unpaired) electrons. The van der Waals surface area contributed by atoms with Crippen LogP contribution >= 0.6 is 0 Å². The summed E-state index contributed by atoms with van der Waals surface area (Å²) in [5.41, 5.74) is 7.20. The van der Waals surface area contributed by atoms with E-state index in [1.165, 1.54) is 24.3 Å². The first-order chi connectivity index (χ1) is 12.3. The summed E-state index contributed by atoms with van der Waals surface area (Å²) in [6, 6.07) is 12.1. The molecule has 134 valence electrons. The fourth-order valence-corrected chi connectivity index (χ4v) is 3.37. The van der Waals surface area contributed by atoms with Gasteiger partial charge in [0.05, 0.1) is 10.6 Å². The van der Waals surface area contributed by atoms with Crippen molar-refractivity contribution < 1.29 is 17.6 Å². The number of hydrogen-bond donors (Lipinski definition) is 2. The zero-order chi connectivity index (χ0) is 18.9. The topological polar surface area (TPSA) is 115 Å². The van der Waals surface area contributed by atoms with E-state index in [4.69, 9.17) is 10.2 Å². The van der Waals surface area contributed by atoms with Crippen molar-refractivity contribution in [2.24, 2.45) is 5.73 Å². The highest BCUT2D eigenvalue weighted by molar-refractivity contribution is 7.92. The molecule has 0 saturated carbocycles. The van der Waals surface area contributed by atoms with Crippen LogP contribution in [0.25, 0.3) is 11.5 Å². The third-order valence-electron chi connectivity index (χ3n) is 3.84. The highest BCUT2D eigenvalue weighted by atomic mass is 32.2. The lowest BCUT2D eigenvalue weighted by molar-refractivity contribution is 0.1000. The number of oxazole rings is 1. The highest BCUT2D eigenvalue weighted by Gasteiger charge is 2.16. The van der Waals surface area contributed by atoms with E-state index in [9.17, 15) is 13.2 Å². The Hall–Kier alpha value is -3.13. The quantitative estimate of drug-likeness (QED) is 0.715. The minimum Gasteiger partial charge on any atom is -0.441 e. The Balaban J connectivity index is 1.88. The Morgan fingerprint density at radius 3 is 2.38 bits per heavy atom. The van der Waals surface area contributed by atoms with Crippen molar-refractivity contribution >= 4 is 21.6 Å². The van der Waals surface area contributed by atoms with Gasteiger partial charge < -0.3 is 10.2 Å². The molecule has 0 bridgehead atoms. The number of anilines is 1. The molecule has 1 amide bonds. The van der Waals surface area contributed by atoms with Gasteiger partial charge in [0.2, 0.25) is 11.8 Å². The second kappa shape index (κ2) is 6.64. The van der Waals surface area contributed by atoms with Crippen molar-refractivity contribution in [3.8, 4) is 11.5 Å². The molecular formula is C18H17N3O4S. The van der Waals surface area contributed by atoms with E-state index in [1.54, 1.807) is 24.3 Å². The minimum absolute atomic E-state index is 0.0238. The highest BCUT2D eigenvalue weighted by Crippen LogP contribution is 2.25. The van der Waals surface area contributed by atoms with Gasteiger partial charge in [0.15, 0.2) is 0 Å². The summed E-state index contributed by atoms with van der Waals surface area (Å²) in [4.78, 5) is 15.4. The molecule has 0 aliphatic heterocycles. The number of sulfonamides is 1. The summed E-state index contributed by atoms with van der Waals surface area (Å²) in [5.74, 6) is 0.513. The van der Waals surface area contributed by atoms with Crippen molar-refractivity contribution in [1.82, 2.24) is 4.98 Å². The van der Waals surface area contributed by atoms with Gasteiger partial charge in [-0.3, -0.25) is 9.52 Å². The average molecular weight is 371 g/mol. The molecule has 2 aromatic carbocycles. The number of primary amides is 1. The fourth-order valence-electron chi connectivity index (χ4n) is 2.32. The molecule has 3 rings (SSSR count). The van der Waals surface area contributed by atoms with Crippen LogP contribution in [0.1, 0.15) is 21.8 Å². The Morgan fingerprint density at radius 1 is 1.12 bits per heavy atom. The predicted octanol–water partition coefficient (Wildman–Crippen LogP) is 2.86. The molecule has 0 atom stereocenters. The zero-order valence-electron chi connectivity index (χ0n) is 14.2. The van der Waals surface area contributed by atoms with Gasteiger partial charge in [0, 0.05) is 16.8 Å².